The lowest BCUT2D eigenvalue weighted by Gasteiger charge is -2.29. The number of carboxylic acid groups (broad SMARTS) is 2. The number of carboxylic acids is 2. The Morgan fingerprint density at radius 2 is 2.00 bits per heavy atom. The van der Waals surface area contributed by atoms with Crippen LogP contribution in [0.15, 0.2) is 0 Å². The van der Waals surface area contributed by atoms with E-state index in [0.29, 0.717) is 38.8 Å². The Balaban J connectivity index is 2.76. The number of unbranched alkanes of at least 4 members (excludes halogenated alkanes) is 1. The molecule has 0 aromatic carbocycles. The lowest BCUT2D eigenvalue weighted by atomic mass is 10.1. The van der Waals surface area contributed by atoms with E-state index in [1.807, 2.05) is 0 Å². The minimum Gasteiger partial charge on any atom is -0.480 e. The van der Waals surface area contributed by atoms with Crippen molar-refractivity contribution in [3.8, 4) is 0 Å². The number of nitrogens with one attached hydrogen (secondary N) is 1. The lowest BCUT2D eigenvalue weighted by molar-refractivity contribution is -0.150. The van der Waals surface area contributed by atoms with E-state index in [0.717, 1.165) is 12.8 Å². The second kappa shape index (κ2) is 9.46. The zero-order valence-corrected chi connectivity index (χ0v) is 13.5. The van der Waals surface area contributed by atoms with Crippen molar-refractivity contribution in [2.75, 3.05) is 13.1 Å². The van der Waals surface area contributed by atoms with Crippen LogP contribution in [0, 0.1) is 0 Å². The molecule has 1 fully saturated rings. The van der Waals surface area contributed by atoms with Gasteiger partial charge in [-0.05, 0) is 45.6 Å². The molecule has 1 saturated heterocycles. The number of aliphatic carboxylic acids is 2. The van der Waals surface area contributed by atoms with Crippen molar-refractivity contribution in [3.05, 3.63) is 0 Å². The molecule has 0 spiro atoms. The molecule has 0 aromatic rings. The summed E-state index contributed by atoms with van der Waals surface area (Å²) in [6.07, 6.45) is 3.77. The van der Waals surface area contributed by atoms with Gasteiger partial charge in [0.05, 0.1) is 6.04 Å². The predicted molar refractivity (Wildman–Crippen MR) is 83.9 cm³/mol. The molecule has 3 atom stereocenters. The zero-order valence-electron chi connectivity index (χ0n) is 13.5. The van der Waals surface area contributed by atoms with Gasteiger partial charge >= 0.3 is 11.9 Å². The highest BCUT2D eigenvalue weighted by Gasteiger charge is 2.34. The molecule has 23 heavy (non-hydrogen) atoms. The molecule has 0 radical (unpaired) electrons. The monoisotopic (exact) mass is 329 g/mol. The zero-order chi connectivity index (χ0) is 17.4. The van der Waals surface area contributed by atoms with Crippen molar-refractivity contribution in [2.45, 2.75) is 63.6 Å². The van der Waals surface area contributed by atoms with Gasteiger partial charge in [0.2, 0.25) is 5.91 Å². The second-order valence-corrected chi connectivity index (χ2v) is 5.94. The van der Waals surface area contributed by atoms with Crippen LogP contribution in [0.4, 0.5) is 0 Å². The van der Waals surface area contributed by atoms with E-state index in [9.17, 15) is 19.5 Å². The number of nitrogens with zero attached hydrogens (tertiary/aromatic N) is 1. The summed E-state index contributed by atoms with van der Waals surface area (Å²) in [6.45, 7) is 2.35. The fourth-order valence-electron chi connectivity index (χ4n) is 2.75. The quantitative estimate of drug-likeness (QED) is 0.438. The van der Waals surface area contributed by atoms with Gasteiger partial charge in [-0.15, -0.1) is 0 Å². The van der Waals surface area contributed by atoms with Crippen molar-refractivity contribution < 1.29 is 24.6 Å². The van der Waals surface area contributed by atoms with Gasteiger partial charge in [-0.25, -0.2) is 4.79 Å². The van der Waals surface area contributed by atoms with Crippen LogP contribution in [0.2, 0.25) is 0 Å². The number of hydrogen-bond acceptors (Lipinski definition) is 5. The van der Waals surface area contributed by atoms with Crippen molar-refractivity contribution in [1.82, 2.24) is 10.2 Å². The molecule has 132 valence electrons. The Morgan fingerprint density at radius 1 is 1.30 bits per heavy atom. The van der Waals surface area contributed by atoms with E-state index < -0.39 is 30.1 Å². The summed E-state index contributed by atoms with van der Waals surface area (Å²) in [5.41, 5.74) is 5.41. The maximum absolute atomic E-state index is 12.6. The lowest BCUT2D eigenvalue weighted by Crippen LogP contribution is -2.54. The molecule has 1 aliphatic rings. The fraction of sp³-hybridized carbons (Fsp3) is 0.800. The van der Waals surface area contributed by atoms with Gasteiger partial charge in [0.1, 0.15) is 12.1 Å². The highest BCUT2D eigenvalue weighted by atomic mass is 16.4. The number of hydrogen-bond donors (Lipinski definition) is 4. The average molecular weight is 329 g/mol. The summed E-state index contributed by atoms with van der Waals surface area (Å²) >= 11 is 0. The van der Waals surface area contributed by atoms with Crippen molar-refractivity contribution in [2.24, 2.45) is 5.73 Å². The first-order valence-electron chi connectivity index (χ1n) is 8.10. The van der Waals surface area contributed by atoms with Crippen molar-refractivity contribution >= 4 is 17.8 Å². The predicted octanol–water partition coefficient (Wildman–Crippen LogP) is 0.0124. The molecule has 8 nitrogen and oxygen atoms in total. The van der Waals surface area contributed by atoms with E-state index in [1.165, 1.54) is 11.8 Å². The minimum atomic E-state index is -1.06. The molecule has 1 heterocycles. The summed E-state index contributed by atoms with van der Waals surface area (Å²) in [6, 6.07) is -2.39. The number of carbonyl (C=O) groups is 3. The summed E-state index contributed by atoms with van der Waals surface area (Å²) in [7, 11) is 0. The van der Waals surface area contributed by atoms with Gasteiger partial charge in [0.25, 0.3) is 0 Å². The van der Waals surface area contributed by atoms with E-state index in [2.05, 4.69) is 5.32 Å². The first kappa shape index (κ1) is 19.4. The largest absolute Gasteiger partial charge is 0.480 e. The van der Waals surface area contributed by atoms with Crippen LogP contribution in [-0.4, -0.2) is 64.2 Å². The van der Waals surface area contributed by atoms with E-state index in [1.54, 1.807) is 0 Å². The fourth-order valence-corrected chi connectivity index (χ4v) is 2.75. The minimum absolute atomic E-state index is 0.331. The molecule has 0 aromatic heterocycles. The summed E-state index contributed by atoms with van der Waals surface area (Å²) in [5.74, 6) is -2.39. The standard InChI is InChI=1S/C15H27N3O5/c1-10(14(20)21)18-9-5-3-6-11(13(18)19)17-12(15(22)23)7-2-4-8-16/h10-12,17H,2-9,16H2,1H3,(H,20,21)(H,22,23)/t10?,11-,12?/m0/s1. The van der Waals surface area contributed by atoms with Crippen LogP contribution < -0.4 is 11.1 Å². The molecule has 1 aliphatic heterocycles. The maximum Gasteiger partial charge on any atom is 0.326 e. The normalized spacial score (nSPS) is 21.6. The van der Waals surface area contributed by atoms with Gasteiger partial charge in [-0.3, -0.25) is 14.9 Å². The van der Waals surface area contributed by atoms with Gasteiger partial charge in [-0.1, -0.05) is 6.42 Å². The maximum atomic E-state index is 12.6. The van der Waals surface area contributed by atoms with Crippen LogP contribution >= 0.6 is 0 Å². The first-order chi connectivity index (χ1) is 10.9. The number of nitrogens with two attached hydrogens (primary N) is 1. The Hall–Kier alpha value is -1.67. The number of amides is 1. The molecule has 0 bridgehead atoms. The SMILES string of the molecule is CC(C(=O)O)N1CCCC[C@H](NC(CCCCN)C(=O)O)C1=O. The molecule has 1 rings (SSSR count). The summed E-state index contributed by atoms with van der Waals surface area (Å²) in [5, 5.41) is 21.3. The highest BCUT2D eigenvalue weighted by Crippen LogP contribution is 2.16. The Bertz CT molecular complexity index is 429. The van der Waals surface area contributed by atoms with Crippen LogP contribution in [0.25, 0.3) is 0 Å². The van der Waals surface area contributed by atoms with Crippen LogP contribution in [0.3, 0.4) is 0 Å². The molecular formula is C15H27N3O5. The summed E-state index contributed by atoms with van der Waals surface area (Å²) < 4.78 is 0. The van der Waals surface area contributed by atoms with Gasteiger partial charge in [0.15, 0.2) is 0 Å². The molecule has 1 amide bonds. The number of likely N-dealkylation sites (tertiary alicyclic amines) is 1. The van der Waals surface area contributed by atoms with E-state index in [-0.39, 0.29) is 5.91 Å². The smallest absolute Gasteiger partial charge is 0.326 e. The van der Waals surface area contributed by atoms with Crippen LogP contribution in [0.5, 0.6) is 0 Å². The van der Waals surface area contributed by atoms with Gasteiger partial charge in [0, 0.05) is 6.54 Å². The Morgan fingerprint density at radius 3 is 2.57 bits per heavy atom. The van der Waals surface area contributed by atoms with Crippen LogP contribution in [0.1, 0.15) is 45.4 Å². The van der Waals surface area contributed by atoms with Gasteiger partial charge < -0.3 is 20.8 Å². The molecule has 0 saturated carbocycles. The van der Waals surface area contributed by atoms with Crippen molar-refractivity contribution in [3.63, 3.8) is 0 Å². The molecular weight excluding hydrogens is 302 g/mol. The third kappa shape index (κ3) is 5.80. The number of carbonyl (C=O) groups excluding carboxylic acids is 1. The topological polar surface area (TPSA) is 133 Å². The van der Waals surface area contributed by atoms with Crippen LogP contribution in [-0.2, 0) is 14.4 Å². The van der Waals surface area contributed by atoms with E-state index >= 15 is 0 Å². The average Bonchev–Trinajstić information content (AvgIpc) is 2.67. The second-order valence-electron chi connectivity index (χ2n) is 5.94. The summed E-state index contributed by atoms with van der Waals surface area (Å²) in [4.78, 5) is 36.4. The molecule has 8 heteroatoms. The molecule has 2 unspecified atom stereocenters. The number of rotatable bonds is 9. The molecule has 0 aliphatic carbocycles. The van der Waals surface area contributed by atoms with Gasteiger partial charge in [-0.2, -0.15) is 0 Å². The van der Waals surface area contributed by atoms with E-state index in [4.69, 9.17) is 10.8 Å². The first-order valence-corrected chi connectivity index (χ1v) is 8.10. The van der Waals surface area contributed by atoms with Crippen molar-refractivity contribution in [1.29, 1.82) is 0 Å². The highest BCUT2D eigenvalue weighted by molar-refractivity contribution is 5.87. The Kier molecular flexibility index (Phi) is 7.97. The third-order valence-corrected chi connectivity index (χ3v) is 4.20. The third-order valence-electron chi connectivity index (χ3n) is 4.20. The Labute approximate surface area is 136 Å². The molecule has 5 N–H and O–H groups in total.